The third-order valence-corrected chi connectivity index (χ3v) is 5.00. The fourth-order valence-electron chi connectivity index (χ4n) is 3.22. The summed E-state index contributed by atoms with van der Waals surface area (Å²) in [5.74, 6) is -1.51. The molecule has 8 nitrogen and oxygen atoms in total. The average Bonchev–Trinajstić information content (AvgIpc) is 2.84. The second-order valence-corrected chi connectivity index (χ2v) is 7.78. The van der Waals surface area contributed by atoms with Crippen LogP contribution in [0.5, 0.6) is 0 Å². The summed E-state index contributed by atoms with van der Waals surface area (Å²) in [6.07, 6.45) is 5.84. The SMILES string of the molecule is C=CCCCCC(=O)O[C@H](CNC(=O)[C@@H](CC=C)CC(=O)NCCOCCO)c1ccccc1. The van der Waals surface area contributed by atoms with E-state index in [-0.39, 0.29) is 50.6 Å². The molecule has 0 saturated heterocycles. The van der Waals surface area contributed by atoms with Crippen LogP contribution in [0.3, 0.4) is 0 Å². The van der Waals surface area contributed by atoms with Gasteiger partial charge in [-0.2, -0.15) is 0 Å². The summed E-state index contributed by atoms with van der Waals surface area (Å²) in [6.45, 7) is 8.16. The Kier molecular flexibility index (Phi) is 15.8. The quantitative estimate of drug-likeness (QED) is 0.161. The highest BCUT2D eigenvalue weighted by atomic mass is 16.5. The molecule has 1 aromatic carbocycles. The van der Waals surface area contributed by atoms with E-state index in [2.05, 4.69) is 23.8 Å². The van der Waals surface area contributed by atoms with Crippen molar-refractivity contribution in [1.82, 2.24) is 10.6 Å². The van der Waals surface area contributed by atoms with Crippen LogP contribution in [-0.4, -0.2) is 55.8 Å². The van der Waals surface area contributed by atoms with Gasteiger partial charge in [-0.15, -0.1) is 13.2 Å². The summed E-state index contributed by atoms with van der Waals surface area (Å²) >= 11 is 0. The third kappa shape index (κ3) is 12.9. The van der Waals surface area contributed by atoms with Crippen molar-refractivity contribution >= 4 is 17.8 Å². The van der Waals surface area contributed by atoms with Crippen LogP contribution >= 0.6 is 0 Å². The Labute approximate surface area is 202 Å². The number of aliphatic hydroxyl groups is 1. The normalized spacial score (nSPS) is 12.3. The Balaban J connectivity index is 2.64. The molecule has 1 aromatic rings. The summed E-state index contributed by atoms with van der Waals surface area (Å²) in [5, 5.41) is 14.2. The minimum atomic E-state index is -0.626. The first-order valence-corrected chi connectivity index (χ1v) is 11.7. The van der Waals surface area contributed by atoms with E-state index in [0.29, 0.717) is 25.8 Å². The molecule has 34 heavy (non-hydrogen) atoms. The molecule has 0 spiro atoms. The number of carbonyl (C=O) groups is 3. The van der Waals surface area contributed by atoms with Crippen LogP contribution in [0.15, 0.2) is 55.6 Å². The van der Waals surface area contributed by atoms with Crippen molar-refractivity contribution in [2.45, 2.75) is 44.6 Å². The molecular weight excluding hydrogens is 436 g/mol. The summed E-state index contributed by atoms with van der Waals surface area (Å²) < 4.78 is 10.8. The van der Waals surface area contributed by atoms with E-state index in [0.717, 1.165) is 18.4 Å². The topological polar surface area (TPSA) is 114 Å². The third-order valence-electron chi connectivity index (χ3n) is 5.00. The van der Waals surface area contributed by atoms with Crippen LogP contribution in [0, 0.1) is 5.92 Å². The number of esters is 1. The van der Waals surface area contributed by atoms with Gasteiger partial charge in [0.25, 0.3) is 0 Å². The van der Waals surface area contributed by atoms with Gasteiger partial charge in [-0.3, -0.25) is 14.4 Å². The molecule has 0 radical (unpaired) electrons. The standard InChI is InChI=1S/C26H38N2O6/c1-3-5-6-10-14-25(31)34-23(21-12-8-7-9-13-21)20-28-26(32)22(11-4-2)19-24(30)27-15-17-33-18-16-29/h3-4,7-9,12-13,22-23,29H,1-2,5-6,10-11,14-20H2,(H,27,30)(H,28,32)/t22-,23+/m0/s1. The molecule has 0 aliphatic rings. The van der Waals surface area contributed by atoms with E-state index < -0.39 is 12.0 Å². The van der Waals surface area contributed by atoms with E-state index in [1.165, 1.54) is 0 Å². The van der Waals surface area contributed by atoms with E-state index in [4.69, 9.17) is 14.6 Å². The van der Waals surface area contributed by atoms with Gasteiger partial charge in [-0.25, -0.2) is 0 Å². The van der Waals surface area contributed by atoms with E-state index in [1.54, 1.807) is 6.08 Å². The number of aliphatic hydroxyl groups excluding tert-OH is 1. The lowest BCUT2D eigenvalue weighted by Gasteiger charge is -2.21. The highest BCUT2D eigenvalue weighted by molar-refractivity contribution is 5.86. The summed E-state index contributed by atoms with van der Waals surface area (Å²) in [6, 6.07) is 9.24. The first-order valence-electron chi connectivity index (χ1n) is 11.7. The molecule has 0 heterocycles. The van der Waals surface area contributed by atoms with Crippen LogP contribution in [-0.2, 0) is 23.9 Å². The monoisotopic (exact) mass is 474 g/mol. The van der Waals surface area contributed by atoms with Gasteiger partial charge in [0.15, 0.2) is 0 Å². The molecule has 0 saturated carbocycles. The van der Waals surface area contributed by atoms with Crippen LogP contribution < -0.4 is 10.6 Å². The lowest BCUT2D eigenvalue weighted by molar-refractivity contribution is -0.150. The Hall–Kier alpha value is -2.97. The van der Waals surface area contributed by atoms with Crippen molar-refractivity contribution in [3.8, 4) is 0 Å². The predicted octanol–water partition coefficient (Wildman–Crippen LogP) is 2.84. The Morgan fingerprint density at radius 3 is 2.47 bits per heavy atom. The molecule has 1 rings (SSSR count). The van der Waals surface area contributed by atoms with E-state index in [9.17, 15) is 14.4 Å². The number of ether oxygens (including phenoxy) is 2. The molecule has 0 aliphatic heterocycles. The number of rotatable bonds is 19. The van der Waals surface area contributed by atoms with Crippen molar-refractivity contribution in [1.29, 1.82) is 0 Å². The van der Waals surface area contributed by atoms with Crippen molar-refractivity contribution in [2.24, 2.45) is 5.92 Å². The van der Waals surface area contributed by atoms with Gasteiger partial charge >= 0.3 is 5.97 Å². The minimum Gasteiger partial charge on any atom is -0.456 e. The maximum Gasteiger partial charge on any atom is 0.306 e. The summed E-state index contributed by atoms with van der Waals surface area (Å²) in [7, 11) is 0. The highest BCUT2D eigenvalue weighted by Gasteiger charge is 2.23. The molecule has 2 atom stereocenters. The number of nitrogens with one attached hydrogen (secondary N) is 2. The zero-order valence-corrected chi connectivity index (χ0v) is 19.9. The molecule has 188 valence electrons. The second kappa shape index (κ2) is 18.5. The molecule has 3 N–H and O–H groups in total. The Bertz CT molecular complexity index is 753. The maximum atomic E-state index is 12.8. The molecule has 0 fully saturated rings. The fourth-order valence-corrected chi connectivity index (χ4v) is 3.22. The number of hydrogen-bond donors (Lipinski definition) is 3. The van der Waals surface area contributed by atoms with Gasteiger partial charge in [0.1, 0.15) is 6.10 Å². The molecule has 0 aromatic heterocycles. The van der Waals surface area contributed by atoms with Gasteiger partial charge in [0, 0.05) is 19.4 Å². The van der Waals surface area contributed by atoms with Crippen molar-refractivity contribution in [3.63, 3.8) is 0 Å². The fraction of sp³-hybridized carbons (Fsp3) is 0.500. The van der Waals surface area contributed by atoms with Gasteiger partial charge in [-0.05, 0) is 31.2 Å². The van der Waals surface area contributed by atoms with Crippen LogP contribution in [0.2, 0.25) is 0 Å². The average molecular weight is 475 g/mol. The zero-order valence-electron chi connectivity index (χ0n) is 19.9. The van der Waals surface area contributed by atoms with Crippen molar-refractivity contribution in [3.05, 3.63) is 61.2 Å². The molecule has 0 bridgehead atoms. The van der Waals surface area contributed by atoms with Gasteiger partial charge in [0.2, 0.25) is 11.8 Å². The largest absolute Gasteiger partial charge is 0.456 e. The van der Waals surface area contributed by atoms with Crippen molar-refractivity contribution < 1.29 is 29.0 Å². The molecular formula is C26H38N2O6. The zero-order chi connectivity index (χ0) is 25.0. The highest BCUT2D eigenvalue weighted by Crippen LogP contribution is 2.19. The lowest BCUT2D eigenvalue weighted by atomic mass is 9.99. The van der Waals surface area contributed by atoms with Crippen LogP contribution in [0.25, 0.3) is 0 Å². The number of carbonyl (C=O) groups excluding carboxylic acids is 3. The molecule has 8 heteroatoms. The summed E-state index contributed by atoms with van der Waals surface area (Å²) in [4.78, 5) is 37.4. The predicted molar refractivity (Wildman–Crippen MR) is 131 cm³/mol. The number of amides is 2. The number of benzene rings is 1. The first kappa shape index (κ1) is 29.1. The van der Waals surface area contributed by atoms with Gasteiger partial charge < -0.3 is 25.2 Å². The van der Waals surface area contributed by atoms with Gasteiger partial charge in [-0.1, -0.05) is 42.5 Å². The molecule has 0 unspecified atom stereocenters. The summed E-state index contributed by atoms with van der Waals surface area (Å²) in [5.41, 5.74) is 0.781. The molecule has 2 amide bonds. The number of allylic oxidation sites excluding steroid dienone is 2. The Morgan fingerprint density at radius 1 is 1.03 bits per heavy atom. The van der Waals surface area contributed by atoms with Crippen molar-refractivity contribution in [2.75, 3.05) is 32.9 Å². The number of hydrogen-bond acceptors (Lipinski definition) is 6. The second-order valence-electron chi connectivity index (χ2n) is 7.78. The lowest BCUT2D eigenvalue weighted by Crippen LogP contribution is -2.38. The van der Waals surface area contributed by atoms with E-state index >= 15 is 0 Å². The maximum absolute atomic E-state index is 12.8. The number of unbranched alkanes of at least 4 members (excludes halogenated alkanes) is 2. The van der Waals surface area contributed by atoms with Gasteiger partial charge in [0.05, 0.1) is 32.3 Å². The Morgan fingerprint density at radius 2 is 1.79 bits per heavy atom. The van der Waals surface area contributed by atoms with Crippen LogP contribution in [0.1, 0.15) is 50.2 Å². The molecule has 0 aliphatic carbocycles. The van der Waals surface area contributed by atoms with Crippen LogP contribution in [0.4, 0.5) is 0 Å². The minimum absolute atomic E-state index is 0.00303. The first-order chi connectivity index (χ1) is 16.5. The smallest absolute Gasteiger partial charge is 0.306 e. The van der Waals surface area contributed by atoms with E-state index in [1.807, 2.05) is 36.4 Å².